The molecular weight excluding hydrogens is 416 g/mol. The summed E-state index contributed by atoms with van der Waals surface area (Å²) in [5.74, 6) is 0.562. The van der Waals surface area contributed by atoms with Gasteiger partial charge in [0, 0.05) is 22.5 Å². The molecule has 3 heterocycles. The number of carbonyl (C=O) groups excluding carboxylic acids is 2. The molecule has 0 unspecified atom stereocenters. The lowest BCUT2D eigenvalue weighted by Crippen LogP contribution is -2.25. The van der Waals surface area contributed by atoms with E-state index in [0.29, 0.717) is 28.5 Å². The lowest BCUT2D eigenvalue weighted by Gasteiger charge is -2.11. The number of hydrogen-bond acceptors (Lipinski definition) is 7. The van der Waals surface area contributed by atoms with Crippen LogP contribution in [0.5, 0.6) is 0 Å². The highest BCUT2D eigenvalue weighted by Gasteiger charge is 2.19. The van der Waals surface area contributed by atoms with E-state index in [0.717, 1.165) is 11.5 Å². The Hall–Kier alpha value is -3.66. The van der Waals surface area contributed by atoms with Crippen LogP contribution in [0.4, 0.5) is 0 Å². The van der Waals surface area contributed by atoms with Gasteiger partial charge in [-0.2, -0.15) is 0 Å². The molecule has 3 aromatic heterocycles. The van der Waals surface area contributed by atoms with Crippen LogP contribution in [0.25, 0.3) is 0 Å². The first kappa shape index (κ1) is 20.6. The molecule has 0 radical (unpaired) electrons. The van der Waals surface area contributed by atoms with Gasteiger partial charge in [-0.3, -0.25) is 19.7 Å². The quantitative estimate of drug-likeness (QED) is 0.334. The fraction of sp³-hybridized carbons (Fsp3) is 0.190. The number of ketones is 1. The summed E-state index contributed by atoms with van der Waals surface area (Å²) in [4.78, 5) is 25.4. The van der Waals surface area contributed by atoms with E-state index in [9.17, 15) is 9.59 Å². The van der Waals surface area contributed by atoms with E-state index in [1.54, 1.807) is 58.9 Å². The van der Waals surface area contributed by atoms with Gasteiger partial charge < -0.3 is 4.42 Å². The summed E-state index contributed by atoms with van der Waals surface area (Å²) in [6.07, 6.45) is 1.59. The molecule has 31 heavy (non-hydrogen) atoms. The molecule has 0 atom stereocenters. The van der Waals surface area contributed by atoms with Crippen LogP contribution in [0.15, 0.2) is 64.4 Å². The maximum atomic E-state index is 12.9. The zero-order chi connectivity index (χ0) is 21.8. The first-order valence-corrected chi connectivity index (χ1v) is 10.5. The molecule has 0 aliphatic heterocycles. The zero-order valence-corrected chi connectivity index (χ0v) is 17.8. The number of furan rings is 1. The molecule has 9 nitrogen and oxygen atoms in total. The Morgan fingerprint density at radius 3 is 2.68 bits per heavy atom. The molecule has 0 aliphatic carbocycles. The Balaban J connectivity index is 1.43. The number of aromatic nitrogens is 5. The molecule has 4 aromatic rings. The van der Waals surface area contributed by atoms with Crippen molar-refractivity contribution in [3.63, 3.8) is 0 Å². The Kier molecular flexibility index (Phi) is 5.99. The number of benzene rings is 1. The molecule has 1 N–H and O–H groups in total. The average Bonchev–Trinajstić information content (AvgIpc) is 3.51. The van der Waals surface area contributed by atoms with Crippen LogP contribution in [0, 0.1) is 13.8 Å². The normalized spacial score (nSPS) is 10.9. The van der Waals surface area contributed by atoms with Crippen molar-refractivity contribution < 1.29 is 14.0 Å². The van der Waals surface area contributed by atoms with Gasteiger partial charge in [0.05, 0.1) is 12.0 Å². The van der Waals surface area contributed by atoms with E-state index < -0.39 is 0 Å². The van der Waals surface area contributed by atoms with Gasteiger partial charge in [0.2, 0.25) is 5.16 Å². The SMILES string of the molecule is Cc1cc(C(=O)CSc2nnnn2Cc2ccco2)c(C)n1NC(=O)c1ccccc1. The largest absolute Gasteiger partial charge is 0.467 e. The fourth-order valence-electron chi connectivity index (χ4n) is 3.13. The van der Waals surface area contributed by atoms with E-state index in [1.165, 1.54) is 11.8 Å². The summed E-state index contributed by atoms with van der Waals surface area (Å²) in [5, 5.41) is 12.2. The number of tetrazole rings is 1. The van der Waals surface area contributed by atoms with Crippen LogP contribution < -0.4 is 5.43 Å². The number of hydrogen-bond donors (Lipinski definition) is 1. The molecule has 1 aromatic carbocycles. The second-order valence-electron chi connectivity index (χ2n) is 6.84. The second kappa shape index (κ2) is 9.00. The molecule has 0 saturated carbocycles. The van der Waals surface area contributed by atoms with Gasteiger partial charge in [-0.15, -0.1) is 5.10 Å². The number of aryl methyl sites for hydroxylation is 1. The van der Waals surface area contributed by atoms with Crippen LogP contribution in [-0.2, 0) is 6.54 Å². The van der Waals surface area contributed by atoms with Crippen molar-refractivity contribution in [1.82, 2.24) is 24.9 Å². The fourth-order valence-corrected chi connectivity index (χ4v) is 3.89. The Morgan fingerprint density at radius 2 is 1.94 bits per heavy atom. The highest BCUT2D eigenvalue weighted by atomic mass is 32.2. The van der Waals surface area contributed by atoms with E-state index in [1.807, 2.05) is 19.1 Å². The third-order valence-electron chi connectivity index (χ3n) is 4.70. The molecule has 10 heteroatoms. The monoisotopic (exact) mass is 436 g/mol. The predicted molar refractivity (Wildman–Crippen MR) is 115 cm³/mol. The zero-order valence-electron chi connectivity index (χ0n) is 17.0. The van der Waals surface area contributed by atoms with Gasteiger partial charge in [0.1, 0.15) is 12.3 Å². The Labute approximate surface area is 182 Å². The molecule has 0 spiro atoms. The van der Waals surface area contributed by atoms with Crippen molar-refractivity contribution in [2.24, 2.45) is 0 Å². The lowest BCUT2D eigenvalue weighted by molar-refractivity contribution is 0.0999. The third-order valence-corrected chi connectivity index (χ3v) is 5.66. The van der Waals surface area contributed by atoms with E-state index in [4.69, 9.17) is 4.42 Å². The van der Waals surface area contributed by atoms with Crippen LogP contribution in [0.2, 0.25) is 0 Å². The van der Waals surface area contributed by atoms with Crippen molar-refractivity contribution in [2.75, 3.05) is 11.2 Å². The Morgan fingerprint density at radius 1 is 1.13 bits per heavy atom. The van der Waals surface area contributed by atoms with Gasteiger partial charge >= 0.3 is 0 Å². The summed E-state index contributed by atoms with van der Waals surface area (Å²) in [7, 11) is 0. The highest BCUT2D eigenvalue weighted by Crippen LogP contribution is 2.20. The van der Waals surface area contributed by atoms with Gasteiger partial charge in [-0.25, -0.2) is 4.68 Å². The van der Waals surface area contributed by atoms with Crippen molar-refractivity contribution in [3.8, 4) is 0 Å². The van der Waals surface area contributed by atoms with Crippen molar-refractivity contribution in [1.29, 1.82) is 0 Å². The van der Waals surface area contributed by atoms with Gasteiger partial charge in [0.25, 0.3) is 5.91 Å². The molecule has 158 valence electrons. The van der Waals surface area contributed by atoms with Crippen molar-refractivity contribution >= 4 is 23.5 Å². The number of nitrogens with one attached hydrogen (secondary N) is 1. The van der Waals surface area contributed by atoms with Crippen molar-refractivity contribution in [3.05, 3.63) is 83.1 Å². The minimum absolute atomic E-state index is 0.0779. The van der Waals surface area contributed by atoms with Crippen LogP contribution in [0.1, 0.15) is 37.9 Å². The predicted octanol–water partition coefficient (Wildman–Crippen LogP) is 3.09. The number of amides is 1. The van der Waals surface area contributed by atoms with Gasteiger partial charge in [0.15, 0.2) is 5.78 Å². The maximum Gasteiger partial charge on any atom is 0.270 e. The lowest BCUT2D eigenvalue weighted by atomic mass is 10.2. The number of thioether (sulfide) groups is 1. The summed E-state index contributed by atoms with van der Waals surface area (Å²) < 4.78 is 8.54. The standard InChI is InChI=1S/C21H20N6O3S/c1-14-11-18(15(2)27(14)23-20(29)16-7-4-3-5-8-16)19(28)13-31-21-22-24-25-26(21)12-17-9-6-10-30-17/h3-11H,12-13H2,1-2H3,(H,23,29). The number of nitrogens with zero attached hydrogens (tertiary/aromatic N) is 5. The molecule has 0 saturated heterocycles. The molecular formula is C21H20N6O3S. The highest BCUT2D eigenvalue weighted by molar-refractivity contribution is 7.99. The number of carbonyl (C=O) groups is 2. The molecule has 4 rings (SSSR count). The molecule has 1 amide bonds. The van der Waals surface area contributed by atoms with Crippen LogP contribution in [-0.4, -0.2) is 42.3 Å². The number of rotatable bonds is 8. The first-order chi connectivity index (χ1) is 15.0. The summed E-state index contributed by atoms with van der Waals surface area (Å²) in [5.41, 5.74) is 5.36. The average molecular weight is 436 g/mol. The Bertz CT molecular complexity index is 1200. The summed E-state index contributed by atoms with van der Waals surface area (Å²) >= 11 is 1.25. The molecule has 0 fully saturated rings. The molecule has 0 aliphatic rings. The van der Waals surface area contributed by atoms with E-state index in [-0.39, 0.29) is 17.4 Å². The van der Waals surface area contributed by atoms with Gasteiger partial charge in [-0.05, 0) is 54.6 Å². The topological polar surface area (TPSA) is 108 Å². The summed E-state index contributed by atoms with van der Waals surface area (Å²) in [6, 6.07) is 14.3. The minimum atomic E-state index is -0.243. The van der Waals surface area contributed by atoms with Gasteiger partial charge in [-0.1, -0.05) is 30.0 Å². The van der Waals surface area contributed by atoms with Crippen LogP contribution >= 0.6 is 11.8 Å². The molecule has 0 bridgehead atoms. The number of Topliss-reactive ketones (excluding diaryl/α,β-unsaturated/α-hetero) is 1. The minimum Gasteiger partial charge on any atom is -0.467 e. The smallest absolute Gasteiger partial charge is 0.270 e. The van der Waals surface area contributed by atoms with Crippen molar-refractivity contribution in [2.45, 2.75) is 25.5 Å². The van der Waals surface area contributed by atoms with Crippen LogP contribution in [0.3, 0.4) is 0 Å². The second-order valence-corrected chi connectivity index (χ2v) is 7.78. The van der Waals surface area contributed by atoms with E-state index in [2.05, 4.69) is 21.0 Å². The maximum absolute atomic E-state index is 12.9. The first-order valence-electron chi connectivity index (χ1n) is 9.53. The third kappa shape index (κ3) is 4.58. The van der Waals surface area contributed by atoms with E-state index >= 15 is 0 Å². The summed E-state index contributed by atoms with van der Waals surface area (Å²) in [6.45, 7) is 4.03.